The number of amides is 2. The van der Waals surface area contributed by atoms with Crippen LogP contribution in [0.25, 0.3) is 0 Å². The standard InChI is InChI=1S/C21H25FN4O3S2/c1-20(2,28)15-10-13(22)18(30-15)31(23,29)26-19(27)25-16-11-4-3-5-14(11)24-17-12(16)6-7-21(17)8-9-21/h10,28H,3-9H2,1-2H3,(H3,23,24,25,26,27,29)/t31-/m0/s1. The number of halogens is 1. The van der Waals surface area contributed by atoms with Gasteiger partial charge in [-0.2, -0.15) is 0 Å². The molecule has 0 radical (unpaired) electrons. The minimum atomic E-state index is -3.81. The third-order valence-corrected chi connectivity index (χ3v) is 9.86. The Balaban J connectivity index is 1.50. The number of anilines is 1. The Morgan fingerprint density at radius 2 is 2.06 bits per heavy atom. The van der Waals surface area contributed by atoms with E-state index in [4.69, 9.17) is 10.1 Å². The highest BCUT2D eigenvalue weighted by Gasteiger charge is 2.51. The lowest BCUT2D eigenvalue weighted by Gasteiger charge is -2.16. The molecule has 3 aliphatic carbocycles. The molecule has 1 spiro atoms. The van der Waals surface area contributed by atoms with Crippen LogP contribution in [0.1, 0.15) is 66.9 Å². The molecular weight excluding hydrogens is 439 g/mol. The lowest BCUT2D eigenvalue weighted by atomic mass is 10.0. The number of aryl methyl sites for hydroxylation is 1. The van der Waals surface area contributed by atoms with Crippen LogP contribution in [-0.2, 0) is 40.2 Å². The van der Waals surface area contributed by atoms with Crippen LogP contribution >= 0.6 is 11.3 Å². The number of carbonyl (C=O) groups is 1. The maximum absolute atomic E-state index is 14.4. The van der Waals surface area contributed by atoms with E-state index in [2.05, 4.69) is 9.68 Å². The summed E-state index contributed by atoms with van der Waals surface area (Å²) in [5, 5.41) is 18.7. The third-order valence-electron chi connectivity index (χ3n) is 6.51. The van der Waals surface area contributed by atoms with E-state index in [1.165, 1.54) is 13.8 Å². The molecule has 5 rings (SSSR count). The first-order valence-corrected chi connectivity index (χ1v) is 12.8. The molecule has 2 heterocycles. The number of thiophene rings is 1. The number of urea groups is 1. The van der Waals surface area contributed by atoms with Crippen molar-refractivity contribution in [2.45, 2.75) is 74.0 Å². The molecular formula is C21H25FN4O3S2. The Kier molecular flexibility index (Phi) is 4.61. The minimum Gasteiger partial charge on any atom is -0.385 e. The highest BCUT2D eigenvalue weighted by molar-refractivity contribution is 7.93. The Hall–Kier alpha value is -1.88. The van der Waals surface area contributed by atoms with E-state index in [0.29, 0.717) is 0 Å². The molecule has 1 atom stereocenters. The summed E-state index contributed by atoms with van der Waals surface area (Å²) in [6.07, 6.45) is 6.82. The van der Waals surface area contributed by atoms with Crippen LogP contribution < -0.4 is 10.5 Å². The van der Waals surface area contributed by atoms with Crippen LogP contribution in [0.3, 0.4) is 0 Å². The summed E-state index contributed by atoms with van der Waals surface area (Å²) in [6.45, 7) is 2.98. The van der Waals surface area contributed by atoms with E-state index in [-0.39, 0.29) is 14.5 Å². The molecule has 2 aromatic heterocycles. The van der Waals surface area contributed by atoms with Gasteiger partial charge in [0.25, 0.3) is 0 Å². The maximum Gasteiger partial charge on any atom is 0.354 e. The van der Waals surface area contributed by atoms with Crippen molar-refractivity contribution in [2.24, 2.45) is 9.50 Å². The zero-order valence-corrected chi connectivity index (χ0v) is 19.1. The molecule has 7 nitrogen and oxygen atoms in total. The van der Waals surface area contributed by atoms with Gasteiger partial charge in [0.05, 0.1) is 17.0 Å². The quantitative estimate of drug-likeness (QED) is 0.638. The van der Waals surface area contributed by atoms with Crippen molar-refractivity contribution in [1.82, 2.24) is 4.98 Å². The third kappa shape index (κ3) is 3.49. The van der Waals surface area contributed by atoms with Crippen molar-refractivity contribution >= 4 is 33.0 Å². The van der Waals surface area contributed by atoms with E-state index >= 15 is 0 Å². The van der Waals surface area contributed by atoms with Gasteiger partial charge < -0.3 is 10.4 Å². The van der Waals surface area contributed by atoms with Crippen LogP contribution in [0.4, 0.5) is 14.9 Å². The van der Waals surface area contributed by atoms with Gasteiger partial charge in [-0.3, -0.25) is 4.98 Å². The van der Waals surface area contributed by atoms with Crippen LogP contribution in [0.5, 0.6) is 0 Å². The monoisotopic (exact) mass is 464 g/mol. The molecule has 1 saturated carbocycles. The van der Waals surface area contributed by atoms with Gasteiger partial charge >= 0.3 is 6.03 Å². The number of rotatable bonds is 3. The van der Waals surface area contributed by atoms with Gasteiger partial charge in [0, 0.05) is 16.0 Å². The zero-order valence-electron chi connectivity index (χ0n) is 17.5. The zero-order chi connectivity index (χ0) is 22.2. The normalized spacial score (nSPS) is 20.3. The first-order valence-electron chi connectivity index (χ1n) is 10.4. The summed E-state index contributed by atoms with van der Waals surface area (Å²) in [4.78, 5) is 18.0. The number of pyridine rings is 1. The topological polar surface area (TPSA) is 118 Å². The van der Waals surface area contributed by atoms with E-state index in [1.807, 2.05) is 0 Å². The van der Waals surface area contributed by atoms with Crippen molar-refractivity contribution in [3.05, 3.63) is 39.3 Å². The summed E-state index contributed by atoms with van der Waals surface area (Å²) >= 11 is 0.761. The van der Waals surface area contributed by atoms with E-state index in [1.54, 1.807) is 0 Å². The molecule has 2 amide bonds. The number of nitrogens with zero attached hydrogens (tertiary/aromatic N) is 2. The van der Waals surface area contributed by atoms with E-state index in [0.717, 1.165) is 90.6 Å². The van der Waals surface area contributed by atoms with Gasteiger partial charge in [-0.25, -0.2) is 18.5 Å². The van der Waals surface area contributed by atoms with Gasteiger partial charge in [-0.15, -0.1) is 15.7 Å². The molecule has 10 heteroatoms. The molecule has 0 aliphatic heterocycles. The van der Waals surface area contributed by atoms with Crippen molar-refractivity contribution in [3.63, 3.8) is 0 Å². The highest BCUT2D eigenvalue weighted by Crippen LogP contribution is 2.58. The number of aliphatic hydroxyl groups is 1. The second-order valence-electron chi connectivity index (χ2n) is 9.27. The van der Waals surface area contributed by atoms with Gasteiger partial charge in [-0.05, 0) is 76.0 Å². The van der Waals surface area contributed by atoms with Crippen molar-refractivity contribution in [1.29, 1.82) is 0 Å². The van der Waals surface area contributed by atoms with Crippen molar-refractivity contribution < 1.29 is 18.5 Å². The molecule has 166 valence electrons. The molecule has 2 aromatic rings. The molecule has 3 aliphatic rings. The summed E-state index contributed by atoms with van der Waals surface area (Å²) in [5.74, 6) is -0.840. The SMILES string of the molecule is CC(C)(O)c1cc(F)c([S@@](N)(=O)=NC(=O)Nc2c3c(nc4c2CCC42CC2)CCC3)s1. The lowest BCUT2D eigenvalue weighted by molar-refractivity contribution is 0.0823. The molecule has 0 saturated heterocycles. The largest absolute Gasteiger partial charge is 0.385 e. The Morgan fingerprint density at radius 1 is 1.32 bits per heavy atom. The van der Waals surface area contributed by atoms with E-state index < -0.39 is 27.4 Å². The number of hydrogen-bond donors (Lipinski definition) is 3. The second kappa shape index (κ2) is 6.81. The predicted octanol–water partition coefficient (Wildman–Crippen LogP) is 3.91. The van der Waals surface area contributed by atoms with E-state index in [9.17, 15) is 18.5 Å². The fourth-order valence-electron chi connectivity index (χ4n) is 4.72. The highest BCUT2D eigenvalue weighted by atomic mass is 32.2. The van der Waals surface area contributed by atoms with Crippen LogP contribution in [-0.4, -0.2) is 20.3 Å². The Morgan fingerprint density at radius 3 is 2.71 bits per heavy atom. The Labute approximate surface area is 184 Å². The molecule has 0 bridgehead atoms. The minimum absolute atomic E-state index is 0.165. The number of fused-ring (bicyclic) bond motifs is 3. The van der Waals surface area contributed by atoms with Crippen LogP contribution in [0.2, 0.25) is 0 Å². The summed E-state index contributed by atoms with van der Waals surface area (Å²) in [7, 11) is -3.81. The summed E-state index contributed by atoms with van der Waals surface area (Å²) in [6, 6.07) is 0.224. The average molecular weight is 465 g/mol. The maximum atomic E-state index is 14.4. The van der Waals surface area contributed by atoms with Crippen LogP contribution in [0.15, 0.2) is 14.6 Å². The number of nitrogens with one attached hydrogen (secondary N) is 1. The summed E-state index contributed by atoms with van der Waals surface area (Å²) in [5.41, 5.74) is 3.77. The fraction of sp³-hybridized carbons (Fsp3) is 0.524. The molecule has 4 N–H and O–H groups in total. The van der Waals surface area contributed by atoms with Crippen molar-refractivity contribution in [2.75, 3.05) is 5.32 Å². The number of carbonyl (C=O) groups excluding carboxylic acids is 1. The lowest BCUT2D eigenvalue weighted by Crippen LogP contribution is -2.19. The van der Waals surface area contributed by atoms with Gasteiger partial charge in [0.1, 0.15) is 0 Å². The first-order chi connectivity index (χ1) is 14.5. The van der Waals surface area contributed by atoms with Gasteiger partial charge in [0.2, 0.25) is 0 Å². The molecule has 0 unspecified atom stereocenters. The van der Waals surface area contributed by atoms with Gasteiger partial charge in [-0.1, -0.05) is 0 Å². The summed E-state index contributed by atoms with van der Waals surface area (Å²) < 4.78 is 30.7. The number of hydrogen-bond acceptors (Lipinski definition) is 5. The average Bonchev–Trinajstić information content (AvgIpc) is 3.00. The fourth-order valence-corrected chi connectivity index (χ4v) is 7.06. The number of aromatic nitrogens is 1. The Bertz CT molecular complexity index is 1230. The molecule has 1 fully saturated rings. The molecule has 31 heavy (non-hydrogen) atoms. The number of nitrogens with two attached hydrogens (primary N) is 1. The van der Waals surface area contributed by atoms with Gasteiger partial charge in [0.15, 0.2) is 19.9 Å². The van der Waals surface area contributed by atoms with Crippen LogP contribution in [0, 0.1) is 5.82 Å². The molecule has 0 aromatic carbocycles. The van der Waals surface area contributed by atoms with Crippen molar-refractivity contribution in [3.8, 4) is 0 Å². The second-order valence-corrected chi connectivity index (χ2v) is 12.3. The first kappa shape index (κ1) is 21.0. The predicted molar refractivity (Wildman–Crippen MR) is 117 cm³/mol. The smallest absolute Gasteiger partial charge is 0.354 e.